The van der Waals surface area contributed by atoms with Crippen LogP contribution in [-0.2, 0) is 0 Å². The Morgan fingerprint density at radius 1 is 1.06 bits per heavy atom. The van der Waals surface area contributed by atoms with Crippen LogP contribution in [0.15, 0.2) is 82.4 Å². The van der Waals surface area contributed by atoms with Gasteiger partial charge in [0.15, 0.2) is 16.8 Å². The number of thioether (sulfide) groups is 1. The minimum atomic E-state index is -0.0118. The summed E-state index contributed by atoms with van der Waals surface area (Å²) in [6.07, 6.45) is 0. The average molecular weight is 515 g/mol. The van der Waals surface area contributed by atoms with Crippen molar-refractivity contribution in [2.24, 2.45) is 0 Å². The van der Waals surface area contributed by atoms with E-state index in [9.17, 15) is 4.79 Å². The van der Waals surface area contributed by atoms with E-state index in [0.29, 0.717) is 27.3 Å². The number of ketones is 1. The standard InChI is InChI=1S/C23H17BrClN3O2S/c1-30-20-4-2-3-16(13-20)21(29)14-31-23-27-26-22(15-5-9-18(25)10-6-15)28(23)19-11-7-17(24)8-12-19/h2-13H,14H2,1H3. The molecule has 0 amide bonds. The van der Waals surface area contributed by atoms with E-state index >= 15 is 0 Å². The van der Waals surface area contributed by atoms with E-state index in [4.69, 9.17) is 16.3 Å². The summed E-state index contributed by atoms with van der Waals surface area (Å²) in [6.45, 7) is 0. The van der Waals surface area contributed by atoms with Gasteiger partial charge in [0.05, 0.1) is 12.9 Å². The van der Waals surface area contributed by atoms with Gasteiger partial charge in [-0.1, -0.05) is 51.4 Å². The van der Waals surface area contributed by atoms with Gasteiger partial charge >= 0.3 is 0 Å². The molecule has 0 saturated carbocycles. The fourth-order valence-electron chi connectivity index (χ4n) is 2.98. The van der Waals surface area contributed by atoms with Gasteiger partial charge in [-0.2, -0.15) is 0 Å². The summed E-state index contributed by atoms with van der Waals surface area (Å²) in [6, 6.07) is 22.4. The van der Waals surface area contributed by atoms with Crippen LogP contribution < -0.4 is 4.74 Å². The molecule has 0 N–H and O–H groups in total. The molecule has 1 heterocycles. The smallest absolute Gasteiger partial charge is 0.196 e. The van der Waals surface area contributed by atoms with Gasteiger partial charge in [0.1, 0.15) is 5.75 Å². The van der Waals surface area contributed by atoms with Crippen LogP contribution in [0.25, 0.3) is 17.1 Å². The molecule has 0 spiro atoms. The van der Waals surface area contributed by atoms with E-state index in [1.54, 1.807) is 25.3 Å². The topological polar surface area (TPSA) is 57.0 Å². The number of hydrogen-bond donors (Lipinski definition) is 0. The van der Waals surface area contributed by atoms with Crippen LogP contribution in [0.5, 0.6) is 5.75 Å². The molecule has 4 rings (SSSR count). The lowest BCUT2D eigenvalue weighted by molar-refractivity contribution is 0.102. The number of halogens is 2. The Labute approximate surface area is 197 Å². The molecule has 0 aliphatic carbocycles. The van der Waals surface area contributed by atoms with Gasteiger partial charge in [-0.25, -0.2) is 0 Å². The van der Waals surface area contributed by atoms with Crippen LogP contribution in [0.3, 0.4) is 0 Å². The van der Waals surface area contributed by atoms with Crippen LogP contribution in [0.4, 0.5) is 0 Å². The number of rotatable bonds is 7. The van der Waals surface area contributed by atoms with Gasteiger partial charge in [-0.3, -0.25) is 9.36 Å². The number of carbonyl (C=O) groups is 1. The van der Waals surface area contributed by atoms with Crippen molar-refractivity contribution < 1.29 is 9.53 Å². The summed E-state index contributed by atoms with van der Waals surface area (Å²) in [5.41, 5.74) is 2.37. The maximum atomic E-state index is 12.7. The minimum Gasteiger partial charge on any atom is -0.497 e. The van der Waals surface area contributed by atoms with E-state index in [0.717, 1.165) is 15.7 Å². The Hall–Kier alpha value is -2.61. The molecule has 8 heteroatoms. The molecule has 0 unspecified atom stereocenters. The van der Waals surface area contributed by atoms with E-state index in [-0.39, 0.29) is 11.5 Å². The third-order valence-corrected chi connectivity index (χ3v) is 6.25. The molecule has 5 nitrogen and oxygen atoms in total. The first-order valence-corrected chi connectivity index (χ1v) is 11.5. The summed E-state index contributed by atoms with van der Waals surface area (Å²) in [4.78, 5) is 12.7. The summed E-state index contributed by atoms with van der Waals surface area (Å²) >= 11 is 10.9. The molecule has 0 radical (unpaired) electrons. The number of nitrogens with zero attached hydrogens (tertiary/aromatic N) is 3. The van der Waals surface area contributed by atoms with E-state index in [1.165, 1.54) is 11.8 Å². The summed E-state index contributed by atoms with van der Waals surface area (Å²) in [7, 11) is 1.58. The molecule has 0 aliphatic rings. The van der Waals surface area contributed by atoms with Crippen molar-refractivity contribution in [3.8, 4) is 22.8 Å². The highest BCUT2D eigenvalue weighted by Gasteiger charge is 2.18. The van der Waals surface area contributed by atoms with Crippen molar-refractivity contribution in [3.05, 3.63) is 87.9 Å². The third-order valence-electron chi connectivity index (χ3n) is 4.54. The fraction of sp³-hybridized carbons (Fsp3) is 0.0870. The minimum absolute atomic E-state index is 0.0118. The fourth-order valence-corrected chi connectivity index (χ4v) is 4.22. The van der Waals surface area contributed by atoms with Crippen molar-refractivity contribution in [3.63, 3.8) is 0 Å². The summed E-state index contributed by atoms with van der Waals surface area (Å²) < 4.78 is 8.13. The Morgan fingerprint density at radius 3 is 2.52 bits per heavy atom. The number of methoxy groups -OCH3 is 1. The van der Waals surface area contributed by atoms with Gasteiger partial charge in [0, 0.05) is 26.3 Å². The molecule has 0 aliphatic heterocycles. The van der Waals surface area contributed by atoms with Gasteiger partial charge in [0.2, 0.25) is 0 Å². The van der Waals surface area contributed by atoms with E-state index in [2.05, 4.69) is 26.1 Å². The molecule has 3 aromatic carbocycles. The highest BCUT2D eigenvalue weighted by atomic mass is 79.9. The molecule has 4 aromatic rings. The quantitative estimate of drug-likeness (QED) is 0.213. The van der Waals surface area contributed by atoms with Gasteiger partial charge in [-0.05, 0) is 60.7 Å². The Morgan fingerprint density at radius 2 is 1.81 bits per heavy atom. The number of hydrogen-bond acceptors (Lipinski definition) is 5. The van der Waals surface area contributed by atoms with Crippen molar-refractivity contribution in [1.29, 1.82) is 0 Å². The van der Waals surface area contributed by atoms with Crippen molar-refractivity contribution in [2.75, 3.05) is 12.9 Å². The lowest BCUT2D eigenvalue weighted by atomic mass is 10.1. The van der Waals surface area contributed by atoms with Crippen LogP contribution >= 0.6 is 39.3 Å². The first-order chi connectivity index (χ1) is 15.0. The normalized spacial score (nSPS) is 10.8. The second-order valence-electron chi connectivity index (χ2n) is 6.57. The molecule has 0 fully saturated rings. The second-order valence-corrected chi connectivity index (χ2v) is 8.86. The van der Waals surface area contributed by atoms with Gasteiger partial charge in [-0.15, -0.1) is 10.2 Å². The number of carbonyl (C=O) groups excluding carboxylic acids is 1. The number of Topliss-reactive ketones (excluding diaryl/α,β-unsaturated/α-hetero) is 1. The first-order valence-electron chi connectivity index (χ1n) is 9.32. The monoisotopic (exact) mass is 513 g/mol. The molecule has 0 saturated heterocycles. The molecule has 0 atom stereocenters. The molecule has 0 bridgehead atoms. The predicted molar refractivity (Wildman–Crippen MR) is 128 cm³/mol. The van der Waals surface area contributed by atoms with Crippen LogP contribution in [0, 0.1) is 0 Å². The SMILES string of the molecule is COc1cccc(C(=O)CSc2nnc(-c3ccc(Cl)cc3)n2-c2ccc(Br)cc2)c1. The van der Waals surface area contributed by atoms with Crippen molar-refractivity contribution in [2.45, 2.75) is 5.16 Å². The highest BCUT2D eigenvalue weighted by molar-refractivity contribution is 9.10. The van der Waals surface area contributed by atoms with Crippen LogP contribution in [0.1, 0.15) is 10.4 Å². The molecule has 156 valence electrons. The average Bonchev–Trinajstić information content (AvgIpc) is 3.22. The zero-order chi connectivity index (χ0) is 21.8. The van der Waals surface area contributed by atoms with Gasteiger partial charge < -0.3 is 4.74 Å². The number of ether oxygens (including phenoxy) is 1. The number of benzene rings is 3. The first kappa shape index (κ1) is 21.6. The zero-order valence-corrected chi connectivity index (χ0v) is 19.6. The maximum absolute atomic E-state index is 12.7. The highest BCUT2D eigenvalue weighted by Crippen LogP contribution is 2.30. The lowest BCUT2D eigenvalue weighted by Gasteiger charge is -2.11. The molecular formula is C23H17BrClN3O2S. The Kier molecular flexibility index (Phi) is 6.75. The molecule has 1 aromatic heterocycles. The van der Waals surface area contributed by atoms with Crippen LogP contribution in [-0.4, -0.2) is 33.4 Å². The Balaban J connectivity index is 1.66. The molecule has 31 heavy (non-hydrogen) atoms. The number of aromatic nitrogens is 3. The lowest BCUT2D eigenvalue weighted by Crippen LogP contribution is -2.05. The van der Waals surface area contributed by atoms with E-state index in [1.807, 2.05) is 59.2 Å². The van der Waals surface area contributed by atoms with Crippen molar-refractivity contribution >= 4 is 45.1 Å². The predicted octanol–water partition coefficient (Wildman–Crippen LogP) is 6.33. The van der Waals surface area contributed by atoms with Crippen LogP contribution in [0.2, 0.25) is 5.02 Å². The third kappa shape index (κ3) is 5.01. The van der Waals surface area contributed by atoms with Crippen molar-refractivity contribution in [1.82, 2.24) is 14.8 Å². The zero-order valence-electron chi connectivity index (χ0n) is 16.5. The largest absolute Gasteiger partial charge is 0.497 e. The summed E-state index contributed by atoms with van der Waals surface area (Å²) in [5, 5.41) is 10.0. The van der Waals surface area contributed by atoms with E-state index < -0.39 is 0 Å². The Bertz CT molecular complexity index is 1210. The second kappa shape index (κ2) is 9.68. The summed E-state index contributed by atoms with van der Waals surface area (Å²) in [5.74, 6) is 1.54. The van der Waals surface area contributed by atoms with Gasteiger partial charge in [0.25, 0.3) is 0 Å². The maximum Gasteiger partial charge on any atom is 0.196 e. The molecular weight excluding hydrogens is 498 g/mol.